The Morgan fingerprint density at radius 2 is 1.80 bits per heavy atom. The predicted octanol–water partition coefficient (Wildman–Crippen LogP) is 5.64. The van der Waals surface area contributed by atoms with E-state index >= 15 is 0 Å². The summed E-state index contributed by atoms with van der Waals surface area (Å²) in [5.74, 6) is 0.0118. The number of hydrogen-bond donors (Lipinski definition) is 0. The molecule has 35 heavy (non-hydrogen) atoms. The SMILES string of the molecule is CC1CCN(C(=O)CN2C(=O)S/C(=C/c3cn(Cc4ccccc4Cl)c4ccccc34)C2=O)CC1. The maximum Gasteiger partial charge on any atom is 0.294 e. The second kappa shape index (κ2) is 9.91. The van der Waals surface area contributed by atoms with Crippen LogP contribution in [-0.4, -0.2) is 51.1 Å². The highest BCUT2D eigenvalue weighted by Gasteiger charge is 2.37. The molecule has 8 heteroatoms. The van der Waals surface area contributed by atoms with Crippen LogP contribution in [0.5, 0.6) is 0 Å². The zero-order valence-electron chi connectivity index (χ0n) is 19.4. The number of piperidine rings is 1. The average Bonchev–Trinajstić information content (AvgIpc) is 3.33. The molecule has 0 N–H and O–H groups in total. The monoisotopic (exact) mass is 507 g/mol. The second-order valence-corrected chi connectivity index (χ2v) is 10.6. The van der Waals surface area contributed by atoms with Gasteiger partial charge in [-0.3, -0.25) is 19.3 Å². The topological polar surface area (TPSA) is 62.6 Å². The summed E-state index contributed by atoms with van der Waals surface area (Å²) in [5.41, 5.74) is 2.84. The molecule has 0 unspecified atom stereocenters. The smallest absolute Gasteiger partial charge is 0.294 e. The fourth-order valence-electron chi connectivity index (χ4n) is 4.60. The van der Waals surface area contributed by atoms with Crippen molar-refractivity contribution in [2.45, 2.75) is 26.3 Å². The van der Waals surface area contributed by atoms with Crippen molar-refractivity contribution in [2.75, 3.05) is 19.6 Å². The van der Waals surface area contributed by atoms with E-state index in [4.69, 9.17) is 11.6 Å². The predicted molar refractivity (Wildman–Crippen MR) is 140 cm³/mol. The molecule has 2 saturated heterocycles. The Hall–Kier alpha value is -3.03. The molecule has 3 aromatic rings. The molecular formula is C27H26ClN3O3S. The molecule has 0 saturated carbocycles. The maximum absolute atomic E-state index is 13.1. The van der Waals surface area contributed by atoms with Crippen LogP contribution in [0.4, 0.5) is 4.79 Å². The summed E-state index contributed by atoms with van der Waals surface area (Å²) in [5, 5.41) is 1.27. The number of para-hydroxylation sites is 1. The van der Waals surface area contributed by atoms with Crippen molar-refractivity contribution in [1.29, 1.82) is 0 Å². The Morgan fingerprint density at radius 1 is 1.09 bits per heavy atom. The molecule has 6 nitrogen and oxygen atoms in total. The first kappa shape index (κ1) is 23.7. The van der Waals surface area contributed by atoms with Gasteiger partial charge in [0.1, 0.15) is 6.54 Å². The van der Waals surface area contributed by atoms with Gasteiger partial charge in [-0.1, -0.05) is 54.9 Å². The number of carbonyl (C=O) groups excluding carboxylic acids is 3. The number of benzene rings is 2. The van der Waals surface area contributed by atoms with E-state index in [-0.39, 0.29) is 12.5 Å². The summed E-state index contributed by atoms with van der Waals surface area (Å²) in [6.45, 7) is 3.91. The first-order valence-electron chi connectivity index (χ1n) is 11.7. The number of rotatable bonds is 5. The second-order valence-electron chi connectivity index (χ2n) is 9.15. The number of hydrogen-bond acceptors (Lipinski definition) is 4. The number of likely N-dealkylation sites (tertiary alicyclic amines) is 1. The number of thioether (sulfide) groups is 1. The Labute approximate surface area is 213 Å². The van der Waals surface area contributed by atoms with Gasteiger partial charge < -0.3 is 9.47 Å². The minimum atomic E-state index is -0.415. The average molecular weight is 508 g/mol. The molecule has 2 aromatic carbocycles. The lowest BCUT2D eigenvalue weighted by Gasteiger charge is -2.31. The lowest BCUT2D eigenvalue weighted by atomic mass is 9.99. The first-order valence-corrected chi connectivity index (χ1v) is 12.9. The standard InChI is InChI=1S/C27H26ClN3O3S/c1-18-10-12-29(13-11-18)25(32)17-31-26(33)24(35-27(31)34)14-20-16-30(23-9-5-3-7-21(20)23)15-19-6-2-4-8-22(19)28/h2-9,14,16,18H,10-13,15,17H2,1H3/b24-14+. The lowest BCUT2D eigenvalue weighted by Crippen LogP contribution is -2.45. The summed E-state index contributed by atoms with van der Waals surface area (Å²) in [7, 11) is 0. The summed E-state index contributed by atoms with van der Waals surface area (Å²) in [6, 6.07) is 15.6. The molecule has 2 fully saturated rings. The summed E-state index contributed by atoms with van der Waals surface area (Å²) < 4.78 is 2.09. The molecule has 1 aromatic heterocycles. The van der Waals surface area contributed by atoms with Crippen molar-refractivity contribution in [2.24, 2.45) is 5.92 Å². The maximum atomic E-state index is 13.1. The molecule has 0 aliphatic carbocycles. The van der Waals surface area contributed by atoms with Crippen LogP contribution in [-0.2, 0) is 16.1 Å². The van der Waals surface area contributed by atoms with Crippen LogP contribution in [0.3, 0.4) is 0 Å². The number of carbonyl (C=O) groups is 3. The van der Waals surface area contributed by atoms with Crippen LogP contribution in [0.1, 0.15) is 30.9 Å². The minimum Gasteiger partial charge on any atom is -0.342 e. The van der Waals surface area contributed by atoms with Gasteiger partial charge in [0.2, 0.25) is 5.91 Å². The Balaban J connectivity index is 1.38. The van der Waals surface area contributed by atoms with Gasteiger partial charge in [0, 0.05) is 47.3 Å². The molecule has 0 atom stereocenters. The van der Waals surface area contributed by atoms with Gasteiger partial charge in [-0.2, -0.15) is 0 Å². The number of amides is 3. The van der Waals surface area contributed by atoms with Crippen LogP contribution in [0.15, 0.2) is 59.6 Å². The number of halogens is 1. The molecule has 0 radical (unpaired) electrons. The summed E-state index contributed by atoms with van der Waals surface area (Å²) in [4.78, 5) is 41.6. The van der Waals surface area contributed by atoms with Crippen molar-refractivity contribution in [3.8, 4) is 0 Å². The number of aromatic nitrogens is 1. The third-order valence-electron chi connectivity index (χ3n) is 6.71. The van der Waals surface area contributed by atoms with E-state index in [0.717, 1.165) is 51.5 Å². The van der Waals surface area contributed by atoms with E-state index in [1.807, 2.05) is 54.7 Å². The molecule has 3 heterocycles. The van der Waals surface area contributed by atoms with Gasteiger partial charge >= 0.3 is 0 Å². The Morgan fingerprint density at radius 3 is 2.57 bits per heavy atom. The van der Waals surface area contributed by atoms with Gasteiger partial charge in [0.25, 0.3) is 11.1 Å². The zero-order chi connectivity index (χ0) is 24.5. The van der Waals surface area contributed by atoms with Crippen molar-refractivity contribution in [1.82, 2.24) is 14.4 Å². The third kappa shape index (κ3) is 4.88. The molecular weight excluding hydrogens is 482 g/mol. The Kier molecular flexibility index (Phi) is 6.71. The molecule has 2 aliphatic heterocycles. The Bertz CT molecular complexity index is 1340. The first-order chi connectivity index (χ1) is 16.9. The zero-order valence-corrected chi connectivity index (χ0v) is 21.0. The minimum absolute atomic E-state index is 0.170. The quantitative estimate of drug-likeness (QED) is 0.419. The van der Waals surface area contributed by atoms with E-state index in [2.05, 4.69) is 11.5 Å². The number of fused-ring (bicyclic) bond motifs is 1. The van der Waals surface area contributed by atoms with Gasteiger partial charge in [-0.15, -0.1) is 0 Å². The van der Waals surface area contributed by atoms with E-state index in [1.54, 1.807) is 11.0 Å². The highest BCUT2D eigenvalue weighted by atomic mass is 35.5. The fraction of sp³-hybridized carbons (Fsp3) is 0.296. The third-order valence-corrected chi connectivity index (χ3v) is 7.98. The fourth-order valence-corrected chi connectivity index (χ4v) is 5.63. The van der Waals surface area contributed by atoms with E-state index in [9.17, 15) is 14.4 Å². The number of imide groups is 1. The van der Waals surface area contributed by atoms with Gasteiger partial charge in [-0.05, 0) is 54.3 Å². The van der Waals surface area contributed by atoms with Crippen LogP contribution in [0.2, 0.25) is 5.02 Å². The van der Waals surface area contributed by atoms with Gasteiger partial charge in [-0.25, -0.2) is 0 Å². The van der Waals surface area contributed by atoms with Crippen LogP contribution in [0, 0.1) is 5.92 Å². The van der Waals surface area contributed by atoms with Crippen LogP contribution in [0.25, 0.3) is 17.0 Å². The van der Waals surface area contributed by atoms with E-state index < -0.39 is 11.1 Å². The highest BCUT2D eigenvalue weighted by molar-refractivity contribution is 8.18. The van der Waals surface area contributed by atoms with Gasteiger partial charge in [0.15, 0.2) is 0 Å². The highest BCUT2D eigenvalue weighted by Crippen LogP contribution is 2.34. The normalized spacial score (nSPS) is 18.3. The van der Waals surface area contributed by atoms with E-state index in [1.165, 1.54) is 0 Å². The van der Waals surface area contributed by atoms with Gasteiger partial charge in [0.05, 0.1) is 4.91 Å². The van der Waals surface area contributed by atoms with Crippen molar-refractivity contribution < 1.29 is 14.4 Å². The molecule has 0 spiro atoms. The number of nitrogens with zero attached hydrogens (tertiary/aromatic N) is 3. The molecule has 3 amide bonds. The molecule has 5 rings (SSSR count). The van der Waals surface area contributed by atoms with Crippen LogP contribution < -0.4 is 0 Å². The molecule has 180 valence electrons. The van der Waals surface area contributed by atoms with Crippen molar-refractivity contribution in [3.05, 3.63) is 75.8 Å². The molecule has 0 bridgehead atoms. The molecule has 2 aliphatic rings. The largest absolute Gasteiger partial charge is 0.342 e. The van der Waals surface area contributed by atoms with Crippen molar-refractivity contribution >= 4 is 57.4 Å². The summed E-state index contributed by atoms with van der Waals surface area (Å²) >= 11 is 7.27. The summed E-state index contributed by atoms with van der Waals surface area (Å²) in [6.07, 6.45) is 5.63. The van der Waals surface area contributed by atoms with Crippen LogP contribution >= 0.6 is 23.4 Å². The van der Waals surface area contributed by atoms with Crippen molar-refractivity contribution in [3.63, 3.8) is 0 Å². The lowest BCUT2D eigenvalue weighted by molar-refractivity contribution is -0.136. The van der Waals surface area contributed by atoms with E-state index in [0.29, 0.717) is 35.5 Å².